The Bertz CT molecular complexity index is 315. The van der Waals surface area contributed by atoms with Gasteiger partial charge in [0.05, 0.1) is 6.61 Å². The Morgan fingerprint density at radius 3 is 2.76 bits per heavy atom. The molecule has 0 amide bonds. The third kappa shape index (κ3) is 4.11. The Labute approximate surface area is 104 Å². The molecule has 17 heavy (non-hydrogen) atoms. The highest BCUT2D eigenvalue weighted by molar-refractivity contribution is 5.27. The average molecular weight is 234 g/mol. The van der Waals surface area contributed by atoms with E-state index in [4.69, 9.17) is 4.74 Å². The first kappa shape index (κ1) is 12.6. The molecule has 0 heterocycles. The van der Waals surface area contributed by atoms with Gasteiger partial charge in [0.15, 0.2) is 0 Å². The summed E-state index contributed by atoms with van der Waals surface area (Å²) in [7, 11) is 1.73. The summed E-state index contributed by atoms with van der Waals surface area (Å²) < 4.78 is 4.97. The second-order valence-electron chi connectivity index (χ2n) is 4.56. The van der Waals surface area contributed by atoms with Crippen molar-refractivity contribution in [2.24, 2.45) is 0 Å². The third-order valence-electron chi connectivity index (χ3n) is 3.21. The number of rotatable bonds is 8. The van der Waals surface area contributed by atoms with E-state index < -0.39 is 0 Å². The van der Waals surface area contributed by atoms with Crippen LogP contribution in [0.15, 0.2) is 30.3 Å². The van der Waals surface area contributed by atoms with Crippen LogP contribution in [0, 0.1) is 0 Å². The quantitative estimate of drug-likeness (QED) is 0.667. The second-order valence-corrected chi connectivity index (χ2v) is 4.56. The van der Waals surface area contributed by atoms with Crippen molar-refractivity contribution in [2.45, 2.75) is 18.4 Å². The van der Waals surface area contributed by atoms with Crippen LogP contribution in [-0.2, 0) is 4.74 Å². The van der Waals surface area contributed by atoms with Crippen molar-refractivity contribution in [1.82, 2.24) is 10.6 Å². The van der Waals surface area contributed by atoms with Gasteiger partial charge in [0.25, 0.3) is 0 Å². The first-order valence-corrected chi connectivity index (χ1v) is 6.40. The zero-order valence-electron chi connectivity index (χ0n) is 10.5. The molecular weight excluding hydrogens is 212 g/mol. The van der Waals surface area contributed by atoms with Gasteiger partial charge in [-0.05, 0) is 12.0 Å². The van der Waals surface area contributed by atoms with Crippen LogP contribution in [0.2, 0.25) is 0 Å². The molecule has 2 unspecified atom stereocenters. The number of methoxy groups -OCH3 is 1. The topological polar surface area (TPSA) is 33.3 Å². The molecule has 2 rings (SSSR count). The number of benzene rings is 1. The molecule has 0 saturated heterocycles. The van der Waals surface area contributed by atoms with E-state index >= 15 is 0 Å². The molecule has 0 bridgehead atoms. The molecule has 0 spiro atoms. The minimum absolute atomic E-state index is 0.682. The van der Waals surface area contributed by atoms with E-state index in [1.807, 2.05) is 0 Å². The van der Waals surface area contributed by atoms with Crippen LogP contribution in [0.5, 0.6) is 0 Å². The molecule has 3 heteroatoms. The maximum absolute atomic E-state index is 4.97. The Morgan fingerprint density at radius 2 is 2.00 bits per heavy atom. The summed E-state index contributed by atoms with van der Waals surface area (Å²) >= 11 is 0. The molecule has 1 fully saturated rings. The summed E-state index contributed by atoms with van der Waals surface area (Å²) in [5, 5.41) is 6.92. The van der Waals surface area contributed by atoms with Crippen molar-refractivity contribution in [3.63, 3.8) is 0 Å². The van der Waals surface area contributed by atoms with E-state index in [2.05, 4.69) is 41.0 Å². The maximum atomic E-state index is 4.97. The monoisotopic (exact) mass is 234 g/mol. The fraction of sp³-hybridized carbons (Fsp3) is 0.571. The van der Waals surface area contributed by atoms with E-state index in [-0.39, 0.29) is 0 Å². The molecule has 0 aromatic heterocycles. The SMILES string of the molecule is COCCNCCNC1CC1c1ccccc1. The molecule has 1 aromatic rings. The van der Waals surface area contributed by atoms with Crippen molar-refractivity contribution in [2.75, 3.05) is 33.4 Å². The normalized spacial score (nSPS) is 22.6. The lowest BCUT2D eigenvalue weighted by atomic mass is 10.1. The predicted molar refractivity (Wildman–Crippen MR) is 70.3 cm³/mol. The summed E-state index contributed by atoms with van der Waals surface area (Å²) in [5.74, 6) is 0.732. The molecule has 3 nitrogen and oxygen atoms in total. The van der Waals surface area contributed by atoms with Crippen LogP contribution >= 0.6 is 0 Å². The van der Waals surface area contributed by atoms with Gasteiger partial charge in [-0.1, -0.05) is 30.3 Å². The molecule has 0 radical (unpaired) electrons. The summed E-state index contributed by atoms with van der Waals surface area (Å²) in [4.78, 5) is 0. The molecule has 1 aliphatic rings. The molecule has 1 aromatic carbocycles. The van der Waals surface area contributed by atoms with Gasteiger partial charge in [0.1, 0.15) is 0 Å². The van der Waals surface area contributed by atoms with Crippen LogP contribution in [0.1, 0.15) is 17.9 Å². The summed E-state index contributed by atoms with van der Waals surface area (Å²) in [5.41, 5.74) is 1.47. The van der Waals surface area contributed by atoms with Gasteiger partial charge in [0, 0.05) is 38.7 Å². The standard InChI is InChI=1S/C14H22N2O/c1-17-10-9-15-7-8-16-14-11-13(14)12-5-3-2-4-6-12/h2-6,13-16H,7-11H2,1H3. The zero-order valence-corrected chi connectivity index (χ0v) is 10.5. The van der Waals surface area contributed by atoms with Crippen molar-refractivity contribution < 1.29 is 4.74 Å². The Hall–Kier alpha value is -0.900. The Kier molecular flexibility index (Phi) is 4.98. The lowest BCUT2D eigenvalue weighted by Gasteiger charge is -2.06. The van der Waals surface area contributed by atoms with E-state index in [1.165, 1.54) is 12.0 Å². The molecule has 2 N–H and O–H groups in total. The first-order valence-electron chi connectivity index (χ1n) is 6.40. The number of hydrogen-bond donors (Lipinski definition) is 2. The van der Waals surface area contributed by atoms with E-state index in [0.29, 0.717) is 6.04 Å². The van der Waals surface area contributed by atoms with Crippen LogP contribution < -0.4 is 10.6 Å². The van der Waals surface area contributed by atoms with Crippen LogP contribution in [0.3, 0.4) is 0 Å². The van der Waals surface area contributed by atoms with E-state index in [1.54, 1.807) is 7.11 Å². The van der Waals surface area contributed by atoms with E-state index in [0.717, 1.165) is 32.2 Å². The van der Waals surface area contributed by atoms with Crippen LogP contribution in [0.25, 0.3) is 0 Å². The highest BCUT2D eigenvalue weighted by atomic mass is 16.5. The van der Waals surface area contributed by atoms with Crippen molar-refractivity contribution in [1.29, 1.82) is 0 Å². The third-order valence-corrected chi connectivity index (χ3v) is 3.21. The number of hydrogen-bond acceptors (Lipinski definition) is 3. The highest BCUT2D eigenvalue weighted by Crippen LogP contribution is 2.40. The number of nitrogens with one attached hydrogen (secondary N) is 2. The zero-order chi connectivity index (χ0) is 11.9. The van der Waals surface area contributed by atoms with Crippen molar-refractivity contribution in [3.8, 4) is 0 Å². The average Bonchev–Trinajstić information content (AvgIpc) is 3.14. The number of ether oxygens (including phenoxy) is 1. The van der Waals surface area contributed by atoms with Crippen LogP contribution in [0.4, 0.5) is 0 Å². The van der Waals surface area contributed by atoms with Crippen molar-refractivity contribution in [3.05, 3.63) is 35.9 Å². The lowest BCUT2D eigenvalue weighted by molar-refractivity contribution is 0.199. The van der Waals surface area contributed by atoms with Gasteiger partial charge in [-0.3, -0.25) is 0 Å². The van der Waals surface area contributed by atoms with Crippen molar-refractivity contribution >= 4 is 0 Å². The van der Waals surface area contributed by atoms with Gasteiger partial charge in [-0.2, -0.15) is 0 Å². The fourth-order valence-electron chi connectivity index (χ4n) is 2.13. The largest absolute Gasteiger partial charge is 0.383 e. The maximum Gasteiger partial charge on any atom is 0.0587 e. The fourth-order valence-corrected chi connectivity index (χ4v) is 2.13. The minimum atomic E-state index is 0.682. The molecular formula is C14H22N2O. The summed E-state index contributed by atoms with van der Waals surface area (Å²) in [6.07, 6.45) is 1.28. The summed E-state index contributed by atoms with van der Waals surface area (Å²) in [6, 6.07) is 11.5. The second kappa shape index (κ2) is 6.74. The molecule has 1 aliphatic carbocycles. The van der Waals surface area contributed by atoms with Gasteiger partial charge < -0.3 is 15.4 Å². The van der Waals surface area contributed by atoms with Gasteiger partial charge in [-0.25, -0.2) is 0 Å². The Morgan fingerprint density at radius 1 is 1.18 bits per heavy atom. The van der Waals surface area contributed by atoms with Gasteiger partial charge in [0.2, 0.25) is 0 Å². The first-order chi connectivity index (χ1) is 8.42. The smallest absolute Gasteiger partial charge is 0.0587 e. The molecule has 2 atom stereocenters. The van der Waals surface area contributed by atoms with Gasteiger partial charge in [-0.15, -0.1) is 0 Å². The summed E-state index contributed by atoms with van der Waals surface area (Å²) in [6.45, 7) is 3.78. The molecule has 94 valence electrons. The molecule has 1 saturated carbocycles. The van der Waals surface area contributed by atoms with Crippen LogP contribution in [-0.4, -0.2) is 39.4 Å². The van der Waals surface area contributed by atoms with Gasteiger partial charge >= 0.3 is 0 Å². The molecule has 0 aliphatic heterocycles. The Balaban J connectivity index is 1.55. The minimum Gasteiger partial charge on any atom is -0.383 e. The highest BCUT2D eigenvalue weighted by Gasteiger charge is 2.37. The lowest BCUT2D eigenvalue weighted by Crippen LogP contribution is -2.30. The predicted octanol–water partition coefficient (Wildman–Crippen LogP) is 1.37. The van der Waals surface area contributed by atoms with E-state index in [9.17, 15) is 0 Å².